The molecule has 0 atom stereocenters. The molecule has 1 aliphatic heterocycles. The lowest BCUT2D eigenvalue weighted by atomic mass is 10.1. The van der Waals surface area contributed by atoms with E-state index in [-0.39, 0.29) is 0 Å². The van der Waals surface area contributed by atoms with Crippen LogP contribution in [0.1, 0.15) is 18.4 Å². The van der Waals surface area contributed by atoms with Crippen LogP contribution in [0, 0.1) is 0 Å². The van der Waals surface area contributed by atoms with E-state index in [1.165, 1.54) is 36.9 Å². The molecule has 1 fully saturated rings. The number of hydrogen-bond acceptors (Lipinski definition) is 4. The summed E-state index contributed by atoms with van der Waals surface area (Å²) in [5.74, 6) is 1.66. The number of nitrogens with zero attached hydrogens (tertiary/aromatic N) is 2. The van der Waals surface area contributed by atoms with E-state index in [0.29, 0.717) is 0 Å². The Morgan fingerprint density at radius 2 is 2.00 bits per heavy atom. The number of aromatic amines is 1. The van der Waals surface area contributed by atoms with Crippen molar-refractivity contribution < 1.29 is 4.74 Å². The number of hydrogen-bond donors (Lipinski definition) is 1. The largest absolute Gasteiger partial charge is 0.457 e. The van der Waals surface area contributed by atoms with Gasteiger partial charge in [0.25, 0.3) is 0 Å². The summed E-state index contributed by atoms with van der Waals surface area (Å²) in [6, 6.07) is 14.4. The molecule has 0 unspecified atom stereocenters. The van der Waals surface area contributed by atoms with Crippen LogP contribution in [-0.2, 0) is 6.54 Å². The normalized spacial score (nSPS) is 14.8. The van der Waals surface area contributed by atoms with E-state index in [9.17, 15) is 0 Å². The van der Waals surface area contributed by atoms with E-state index in [1.54, 1.807) is 11.3 Å². The van der Waals surface area contributed by atoms with Gasteiger partial charge in [-0.15, -0.1) is 11.3 Å². The van der Waals surface area contributed by atoms with E-state index in [2.05, 4.69) is 45.3 Å². The topological polar surface area (TPSA) is 41.1 Å². The molecule has 5 rings (SSSR count). The Kier molecular flexibility index (Phi) is 4.40. The van der Waals surface area contributed by atoms with Gasteiger partial charge in [0.15, 0.2) is 0 Å². The summed E-state index contributed by atoms with van der Waals surface area (Å²) in [7, 11) is 0. The number of benzene rings is 2. The molecule has 0 spiro atoms. The van der Waals surface area contributed by atoms with Crippen LogP contribution in [0.5, 0.6) is 11.5 Å². The smallest absolute Gasteiger partial charge is 0.137 e. The van der Waals surface area contributed by atoms with E-state index >= 15 is 0 Å². The average molecular weight is 375 g/mol. The second kappa shape index (κ2) is 7.18. The quantitative estimate of drug-likeness (QED) is 0.488. The molecule has 2 aromatic heterocycles. The van der Waals surface area contributed by atoms with Gasteiger partial charge in [-0.1, -0.05) is 12.1 Å². The van der Waals surface area contributed by atoms with Gasteiger partial charge >= 0.3 is 0 Å². The Morgan fingerprint density at radius 1 is 1.11 bits per heavy atom. The van der Waals surface area contributed by atoms with Crippen LogP contribution in [0.25, 0.3) is 21.5 Å². The molecule has 4 nitrogen and oxygen atoms in total. The van der Waals surface area contributed by atoms with Crippen molar-refractivity contribution in [3.63, 3.8) is 0 Å². The highest BCUT2D eigenvalue weighted by Gasteiger charge is 2.15. The third kappa shape index (κ3) is 3.36. The second-order valence-electron chi connectivity index (χ2n) is 6.94. The molecule has 1 aliphatic rings. The Bertz CT molecular complexity index is 1050. The molecule has 4 aromatic rings. The SMILES string of the molecule is c1ccc(-c2nccs2)c(Oc2ccc3c(CN4CCCC4)c[nH]c3c2)c1. The Morgan fingerprint density at radius 3 is 2.85 bits per heavy atom. The molecule has 1 N–H and O–H groups in total. The van der Waals surface area contributed by atoms with Crippen LogP contribution in [0.4, 0.5) is 0 Å². The fourth-order valence-electron chi connectivity index (χ4n) is 3.76. The molecule has 3 heterocycles. The molecule has 0 saturated carbocycles. The summed E-state index contributed by atoms with van der Waals surface area (Å²) in [5, 5.41) is 4.24. The standard InChI is InChI=1S/C22H21N3OS/c1-2-6-21(19(5-1)22-23-9-12-27-22)26-17-7-8-18-16(14-24-20(18)13-17)15-25-10-3-4-11-25/h1-2,5-9,12-14,24H,3-4,10-11,15H2. The first-order valence-electron chi connectivity index (χ1n) is 9.36. The van der Waals surface area contributed by atoms with Gasteiger partial charge in [0.1, 0.15) is 16.5 Å². The zero-order valence-corrected chi connectivity index (χ0v) is 15.8. The minimum Gasteiger partial charge on any atom is -0.457 e. The lowest BCUT2D eigenvalue weighted by Crippen LogP contribution is -2.17. The Balaban J connectivity index is 1.42. The second-order valence-corrected chi connectivity index (χ2v) is 7.83. The first-order valence-corrected chi connectivity index (χ1v) is 10.2. The first kappa shape index (κ1) is 16.5. The highest BCUT2D eigenvalue weighted by atomic mass is 32.1. The van der Waals surface area contributed by atoms with Crippen LogP contribution >= 0.6 is 11.3 Å². The molecule has 0 aliphatic carbocycles. The minimum atomic E-state index is 0.829. The van der Waals surface area contributed by atoms with Crippen LogP contribution in [-0.4, -0.2) is 28.0 Å². The van der Waals surface area contributed by atoms with Crippen molar-refractivity contribution in [1.82, 2.24) is 14.9 Å². The third-order valence-corrected chi connectivity index (χ3v) is 5.92. The maximum absolute atomic E-state index is 6.22. The first-order chi connectivity index (χ1) is 13.4. The highest BCUT2D eigenvalue weighted by Crippen LogP contribution is 2.35. The Labute approximate surface area is 162 Å². The summed E-state index contributed by atoms with van der Waals surface area (Å²) < 4.78 is 6.22. The van der Waals surface area contributed by atoms with Crippen molar-refractivity contribution in [3.05, 3.63) is 65.8 Å². The van der Waals surface area contributed by atoms with Crippen molar-refractivity contribution in [3.8, 4) is 22.1 Å². The maximum atomic E-state index is 6.22. The van der Waals surface area contributed by atoms with E-state index < -0.39 is 0 Å². The number of para-hydroxylation sites is 1. The zero-order chi connectivity index (χ0) is 18.1. The monoisotopic (exact) mass is 375 g/mol. The van der Waals surface area contributed by atoms with E-state index in [1.807, 2.05) is 29.8 Å². The van der Waals surface area contributed by atoms with Gasteiger partial charge in [-0.05, 0) is 55.8 Å². The fourth-order valence-corrected chi connectivity index (χ4v) is 4.43. The zero-order valence-electron chi connectivity index (χ0n) is 15.0. The molecule has 2 aromatic carbocycles. The van der Waals surface area contributed by atoms with Crippen molar-refractivity contribution >= 4 is 22.2 Å². The number of likely N-dealkylation sites (tertiary alicyclic amines) is 1. The van der Waals surface area contributed by atoms with Crippen molar-refractivity contribution in [2.75, 3.05) is 13.1 Å². The van der Waals surface area contributed by atoms with Crippen molar-refractivity contribution in [2.24, 2.45) is 0 Å². The average Bonchev–Trinajstić information content (AvgIpc) is 3.45. The molecule has 136 valence electrons. The number of nitrogens with one attached hydrogen (secondary N) is 1. The van der Waals surface area contributed by atoms with E-state index in [4.69, 9.17) is 4.74 Å². The number of H-pyrrole nitrogens is 1. The van der Waals surface area contributed by atoms with Crippen LogP contribution in [0.2, 0.25) is 0 Å². The summed E-state index contributed by atoms with van der Waals surface area (Å²) in [4.78, 5) is 10.4. The van der Waals surface area contributed by atoms with Gasteiger partial charge in [-0.25, -0.2) is 4.98 Å². The lowest BCUT2D eigenvalue weighted by molar-refractivity contribution is 0.332. The number of ether oxygens (including phenoxy) is 1. The fraction of sp³-hybridized carbons (Fsp3) is 0.227. The number of fused-ring (bicyclic) bond motifs is 1. The van der Waals surface area contributed by atoms with Gasteiger partial charge in [-0.3, -0.25) is 4.90 Å². The molecule has 5 heteroatoms. The minimum absolute atomic E-state index is 0.829. The van der Waals surface area contributed by atoms with Gasteiger partial charge in [0, 0.05) is 41.3 Å². The summed E-state index contributed by atoms with van der Waals surface area (Å²) >= 11 is 1.62. The summed E-state index contributed by atoms with van der Waals surface area (Å²) in [5.41, 5.74) is 3.50. The molecule has 0 amide bonds. The maximum Gasteiger partial charge on any atom is 0.137 e. The molecule has 27 heavy (non-hydrogen) atoms. The third-order valence-electron chi connectivity index (χ3n) is 5.11. The molecule has 0 radical (unpaired) electrons. The number of aromatic nitrogens is 2. The molecular weight excluding hydrogens is 354 g/mol. The highest BCUT2D eigenvalue weighted by molar-refractivity contribution is 7.13. The van der Waals surface area contributed by atoms with Crippen LogP contribution < -0.4 is 4.74 Å². The summed E-state index contributed by atoms with van der Waals surface area (Å²) in [6.45, 7) is 3.44. The van der Waals surface area contributed by atoms with Crippen molar-refractivity contribution in [2.45, 2.75) is 19.4 Å². The predicted molar refractivity (Wildman–Crippen MR) is 110 cm³/mol. The Hall–Kier alpha value is -2.63. The summed E-state index contributed by atoms with van der Waals surface area (Å²) in [6.07, 6.45) is 6.59. The molecular formula is C22H21N3OS. The van der Waals surface area contributed by atoms with Crippen LogP contribution in [0.15, 0.2) is 60.2 Å². The van der Waals surface area contributed by atoms with Crippen LogP contribution in [0.3, 0.4) is 0 Å². The van der Waals surface area contributed by atoms with Gasteiger partial charge in [-0.2, -0.15) is 0 Å². The van der Waals surface area contributed by atoms with Gasteiger partial charge < -0.3 is 9.72 Å². The number of thiazole rings is 1. The van der Waals surface area contributed by atoms with Gasteiger partial charge in [0.05, 0.1) is 5.56 Å². The van der Waals surface area contributed by atoms with E-state index in [0.717, 1.165) is 34.1 Å². The van der Waals surface area contributed by atoms with Gasteiger partial charge in [0.2, 0.25) is 0 Å². The molecule has 0 bridgehead atoms. The predicted octanol–water partition coefficient (Wildman–Crippen LogP) is 5.68. The number of rotatable bonds is 5. The van der Waals surface area contributed by atoms with Crippen molar-refractivity contribution in [1.29, 1.82) is 0 Å². The molecule has 1 saturated heterocycles. The lowest BCUT2D eigenvalue weighted by Gasteiger charge is -2.13.